The molecule has 1 aromatic heterocycles. The number of carbonyl (C=O) groups excluding carboxylic acids is 1. The quantitative estimate of drug-likeness (QED) is 0.364. The molecule has 2 saturated heterocycles. The molecule has 5 nitrogen and oxygen atoms in total. The molecule has 3 heterocycles. The third-order valence-electron chi connectivity index (χ3n) is 5.97. The highest BCUT2D eigenvalue weighted by molar-refractivity contribution is 14.1. The molecule has 2 aromatic rings. The predicted octanol–water partition coefficient (Wildman–Crippen LogP) is 5.92. The monoisotopic (exact) mass is 574 g/mol. The maximum atomic E-state index is 13.5. The summed E-state index contributed by atoms with van der Waals surface area (Å²) >= 11 is 2.15. The van der Waals surface area contributed by atoms with Gasteiger partial charge >= 0.3 is 0 Å². The fraction of sp³-hybridized carbons (Fsp3) is 0.391. The SMILES string of the molecule is O=C(Nc1cccc(N2CCC(F)(F)CC2)n1)c1ccc(I)cc1N1CCC(=C(F)F)CC1. The molecule has 2 fully saturated rings. The van der Waals surface area contributed by atoms with Gasteiger partial charge in [0, 0.05) is 42.6 Å². The highest BCUT2D eigenvalue weighted by atomic mass is 127. The number of halogens is 5. The van der Waals surface area contributed by atoms with E-state index in [0.717, 1.165) is 3.57 Å². The highest BCUT2D eigenvalue weighted by Crippen LogP contribution is 2.32. The van der Waals surface area contributed by atoms with Crippen molar-refractivity contribution >= 4 is 45.8 Å². The summed E-state index contributed by atoms with van der Waals surface area (Å²) in [5.74, 6) is -2.16. The van der Waals surface area contributed by atoms with Crippen LogP contribution in [-0.4, -0.2) is 43.0 Å². The zero-order valence-electron chi connectivity index (χ0n) is 17.8. The molecule has 0 saturated carbocycles. The molecule has 0 aliphatic carbocycles. The van der Waals surface area contributed by atoms with Crippen LogP contribution < -0.4 is 15.1 Å². The Morgan fingerprint density at radius 3 is 2.36 bits per heavy atom. The van der Waals surface area contributed by atoms with E-state index in [1.807, 2.05) is 17.0 Å². The minimum atomic E-state index is -2.65. The second kappa shape index (κ2) is 9.86. The number of benzene rings is 1. The van der Waals surface area contributed by atoms with Crippen molar-refractivity contribution in [3.8, 4) is 0 Å². The van der Waals surface area contributed by atoms with Crippen LogP contribution in [0.1, 0.15) is 36.0 Å². The van der Waals surface area contributed by atoms with Gasteiger partial charge in [0.15, 0.2) is 0 Å². The number of amides is 1. The third-order valence-corrected chi connectivity index (χ3v) is 6.65. The molecule has 1 N–H and O–H groups in total. The fourth-order valence-electron chi connectivity index (χ4n) is 4.08. The Hall–Kier alpha value is -2.37. The van der Waals surface area contributed by atoms with Gasteiger partial charge in [0.05, 0.1) is 11.3 Å². The van der Waals surface area contributed by atoms with E-state index in [2.05, 4.69) is 32.9 Å². The molecule has 0 bridgehead atoms. The number of pyridine rings is 1. The van der Waals surface area contributed by atoms with Crippen LogP contribution in [-0.2, 0) is 0 Å². The molecule has 1 amide bonds. The fourth-order valence-corrected chi connectivity index (χ4v) is 4.56. The molecule has 1 aromatic carbocycles. The average Bonchev–Trinajstić information content (AvgIpc) is 2.79. The first-order valence-electron chi connectivity index (χ1n) is 10.7. The van der Waals surface area contributed by atoms with Crippen LogP contribution in [0, 0.1) is 3.57 Å². The van der Waals surface area contributed by atoms with E-state index in [1.54, 1.807) is 29.2 Å². The van der Waals surface area contributed by atoms with E-state index in [4.69, 9.17) is 0 Å². The van der Waals surface area contributed by atoms with E-state index in [9.17, 15) is 22.4 Å². The highest BCUT2D eigenvalue weighted by Gasteiger charge is 2.34. The van der Waals surface area contributed by atoms with Gasteiger partial charge in [-0.25, -0.2) is 13.8 Å². The lowest BCUT2D eigenvalue weighted by atomic mass is 10.0. The van der Waals surface area contributed by atoms with Crippen LogP contribution in [0.2, 0.25) is 0 Å². The Kier molecular flexibility index (Phi) is 7.10. The maximum absolute atomic E-state index is 13.5. The first-order chi connectivity index (χ1) is 15.7. The van der Waals surface area contributed by atoms with Crippen LogP contribution in [0.5, 0.6) is 0 Å². The van der Waals surface area contributed by atoms with E-state index < -0.39 is 12.0 Å². The van der Waals surface area contributed by atoms with Crippen LogP contribution >= 0.6 is 22.6 Å². The van der Waals surface area contributed by atoms with Crippen molar-refractivity contribution in [2.24, 2.45) is 0 Å². The number of nitrogens with zero attached hydrogens (tertiary/aromatic N) is 3. The van der Waals surface area contributed by atoms with Gasteiger partial charge in [0.1, 0.15) is 11.6 Å². The molecule has 0 radical (unpaired) electrons. The van der Waals surface area contributed by atoms with Gasteiger partial charge in [0.25, 0.3) is 17.9 Å². The van der Waals surface area contributed by atoms with Crippen LogP contribution in [0.15, 0.2) is 48.1 Å². The summed E-state index contributed by atoms with van der Waals surface area (Å²) < 4.78 is 53.7. The van der Waals surface area contributed by atoms with Crippen molar-refractivity contribution in [1.82, 2.24) is 4.98 Å². The molecular weight excluding hydrogens is 551 g/mol. The Bertz CT molecular complexity index is 1050. The molecule has 176 valence electrons. The number of rotatable bonds is 4. The zero-order valence-corrected chi connectivity index (χ0v) is 19.9. The first-order valence-corrected chi connectivity index (χ1v) is 11.8. The van der Waals surface area contributed by atoms with Crippen LogP contribution in [0.25, 0.3) is 0 Å². The van der Waals surface area contributed by atoms with E-state index in [0.29, 0.717) is 36.0 Å². The second-order valence-electron chi connectivity index (χ2n) is 8.19. The summed E-state index contributed by atoms with van der Waals surface area (Å²) in [6, 6.07) is 10.5. The van der Waals surface area contributed by atoms with Crippen LogP contribution in [0.4, 0.5) is 34.9 Å². The number of alkyl halides is 2. The van der Waals surface area contributed by atoms with Gasteiger partial charge in [-0.2, -0.15) is 8.78 Å². The predicted molar refractivity (Wildman–Crippen MR) is 128 cm³/mol. The number of nitrogens with one attached hydrogen (secondary N) is 1. The van der Waals surface area contributed by atoms with Gasteiger partial charge < -0.3 is 15.1 Å². The van der Waals surface area contributed by atoms with E-state index in [1.165, 1.54) is 0 Å². The zero-order chi connectivity index (χ0) is 23.6. The summed E-state index contributed by atoms with van der Waals surface area (Å²) in [5, 5.41) is 2.80. The lowest BCUT2D eigenvalue weighted by molar-refractivity contribution is -0.0221. The summed E-state index contributed by atoms with van der Waals surface area (Å²) in [5.41, 5.74) is 1.28. The second-order valence-corrected chi connectivity index (χ2v) is 9.44. The average molecular weight is 574 g/mol. The number of aromatic nitrogens is 1. The first kappa shape index (κ1) is 23.8. The lowest BCUT2D eigenvalue weighted by Gasteiger charge is -2.32. The Morgan fingerprint density at radius 1 is 1.00 bits per heavy atom. The largest absolute Gasteiger partial charge is 0.370 e. The number of anilines is 3. The topological polar surface area (TPSA) is 48.5 Å². The van der Waals surface area contributed by atoms with Crippen molar-refractivity contribution in [3.63, 3.8) is 0 Å². The molecule has 0 atom stereocenters. The third kappa shape index (κ3) is 5.77. The molecule has 0 spiro atoms. The summed E-state index contributed by atoms with van der Waals surface area (Å²) in [6.45, 7) is 1.20. The van der Waals surface area contributed by atoms with Gasteiger partial charge in [0.2, 0.25) is 0 Å². The van der Waals surface area contributed by atoms with Crippen molar-refractivity contribution in [2.75, 3.05) is 41.3 Å². The Labute approximate surface area is 203 Å². The van der Waals surface area contributed by atoms with Gasteiger partial charge in [-0.05, 0) is 71.3 Å². The number of hydrogen-bond acceptors (Lipinski definition) is 4. The minimum absolute atomic E-state index is 0.166. The Morgan fingerprint density at radius 2 is 1.70 bits per heavy atom. The number of piperidine rings is 2. The van der Waals surface area contributed by atoms with Crippen molar-refractivity contribution in [1.29, 1.82) is 0 Å². The van der Waals surface area contributed by atoms with E-state index in [-0.39, 0.29) is 50.3 Å². The van der Waals surface area contributed by atoms with Crippen LogP contribution in [0.3, 0.4) is 0 Å². The molecule has 4 rings (SSSR count). The molecule has 0 unspecified atom stereocenters. The Balaban J connectivity index is 1.50. The normalized spacial score (nSPS) is 18.3. The number of carbonyl (C=O) groups is 1. The summed E-state index contributed by atoms with van der Waals surface area (Å²) in [6.07, 6.45) is -1.55. The molecule has 10 heteroatoms. The lowest BCUT2D eigenvalue weighted by Crippen LogP contribution is -2.39. The molecule has 33 heavy (non-hydrogen) atoms. The van der Waals surface area contributed by atoms with Crippen molar-refractivity contribution in [3.05, 3.63) is 57.2 Å². The standard InChI is InChI=1S/C23H23F4IN4O/c24-21(25)15-6-10-31(11-7-15)18-14-16(28)4-5-17(18)22(33)30-19-2-1-3-20(29-19)32-12-8-23(26,27)9-13-32/h1-5,14H,6-13H2,(H,29,30,33). The molecular formula is C23H23F4IN4O. The van der Waals surface area contributed by atoms with Gasteiger partial charge in [-0.15, -0.1) is 0 Å². The molecule has 2 aliphatic heterocycles. The minimum Gasteiger partial charge on any atom is -0.370 e. The van der Waals surface area contributed by atoms with E-state index >= 15 is 0 Å². The van der Waals surface area contributed by atoms with Gasteiger partial charge in [-0.3, -0.25) is 4.79 Å². The van der Waals surface area contributed by atoms with Gasteiger partial charge in [-0.1, -0.05) is 6.07 Å². The number of hydrogen-bond donors (Lipinski definition) is 1. The molecule has 2 aliphatic rings. The smallest absolute Gasteiger partial charge is 0.269 e. The summed E-state index contributed by atoms with van der Waals surface area (Å²) in [7, 11) is 0. The van der Waals surface area contributed by atoms with Crippen molar-refractivity contribution < 1.29 is 22.4 Å². The van der Waals surface area contributed by atoms with Crippen molar-refractivity contribution in [2.45, 2.75) is 31.6 Å². The maximum Gasteiger partial charge on any atom is 0.269 e. The summed E-state index contributed by atoms with van der Waals surface area (Å²) in [4.78, 5) is 21.3.